The van der Waals surface area contributed by atoms with E-state index in [-0.39, 0.29) is 24.8 Å². The number of aromatic nitrogens is 2. The molecule has 30 heavy (non-hydrogen) atoms. The summed E-state index contributed by atoms with van der Waals surface area (Å²) in [6.07, 6.45) is 3.66. The normalized spacial score (nSPS) is 10.5. The van der Waals surface area contributed by atoms with Crippen LogP contribution < -0.4 is 10.6 Å². The van der Waals surface area contributed by atoms with E-state index in [1.807, 2.05) is 40.9 Å². The number of rotatable bonds is 5. The Morgan fingerprint density at radius 3 is 2.57 bits per heavy atom. The second-order valence-corrected chi connectivity index (χ2v) is 6.44. The Morgan fingerprint density at radius 1 is 1.00 bits per heavy atom. The molecule has 0 unspecified atom stereocenters. The molecule has 0 aliphatic carbocycles. The number of carbonyl (C=O) groups is 1. The molecule has 154 valence electrons. The molecule has 2 N–H and O–H groups in total. The fourth-order valence-electron chi connectivity index (χ4n) is 3.11. The number of nitrogens with zero attached hydrogens (tertiary/aromatic N) is 2. The molecule has 4 aromatic rings. The molecule has 0 spiro atoms. The Kier molecular flexibility index (Phi) is 6.64. The predicted octanol–water partition coefficient (Wildman–Crippen LogP) is 5.32. The lowest BCUT2D eigenvalue weighted by Crippen LogP contribution is -2.30. The fraction of sp³-hybridized carbons (Fsp3) is 0.0909. The van der Waals surface area contributed by atoms with Gasteiger partial charge in [0.1, 0.15) is 18.1 Å². The Morgan fingerprint density at radius 2 is 1.80 bits per heavy atom. The van der Waals surface area contributed by atoms with Crippen molar-refractivity contribution in [2.24, 2.45) is 0 Å². The van der Waals surface area contributed by atoms with Crippen molar-refractivity contribution in [2.45, 2.75) is 0 Å². The van der Waals surface area contributed by atoms with Crippen LogP contribution in [0.4, 0.5) is 19.3 Å². The average Bonchev–Trinajstić information content (AvgIpc) is 3.16. The molecular formula is C22H19ClF2N4O. The van der Waals surface area contributed by atoms with Gasteiger partial charge in [0.15, 0.2) is 0 Å². The van der Waals surface area contributed by atoms with Crippen molar-refractivity contribution in [1.82, 2.24) is 14.7 Å². The zero-order valence-electron chi connectivity index (χ0n) is 15.8. The SMILES string of the molecule is Cl.O=C(NCCF)Nc1cccc(-c2cnc3cc(-c4ccc(F)cc4)ccn23)c1. The van der Waals surface area contributed by atoms with Crippen molar-refractivity contribution in [3.05, 3.63) is 78.9 Å². The Balaban J connectivity index is 0.00000256. The summed E-state index contributed by atoms with van der Waals surface area (Å²) in [5.41, 5.74) is 4.92. The highest BCUT2D eigenvalue weighted by Gasteiger charge is 2.09. The molecule has 0 fully saturated rings. The third kappa shape index (κ3) is 4.58. The van der Waals surface area contributed by atoms with Crippen LogP contribution in [0.15, 0.2) is 73.1 Å². The number of pyridine rings is 1. The lowest BCUT2D eigenvalue weighted by molar-refractivity contribution is 0.251. The van der Waals surface area contributed by atoms with Gasteiger partial charge in [0, 0.05) is 24.0 Å². The van der Waals surface area contributed by atoms with E-state index < -0.39 is 12.7 Å². The molecule has 0 bridgehead atoms. The molecule has 5 nitrogen and oxygen atoms in total. The van der Waals surface area contributed by atoms with E-state index in [4.69, 9.17) is 0 Å². The van der Waals surface area contributed by atoms with Crippen LogP contribution in [0.1, 0.15) is 0 Å². The van der Waals surface area contributed by atoms with E-state index in [9.17, 15) is 13.6 Å². The molecular weight excluding hydrogens is 410 g/mol. The maximum absolute atomic E-state index is 13.2. The van der Waals surface area contributed by atoms with Crippen LogP contribution in [0.5, 0.6) is 0 Å². The van der Waals surface area contributed by atoms with Gasteiger partial charge in [0.2, 0.25) is 0 Å². The lowest BCUT2D eigenvalue weighted by atomic mass is 10.1. The van der Waals surface area contributed by atoms with Crippen LogP contribution in [0.2, 0.25) is 0 Å². The smallest absolute Gasteiger partial charge is 0.319 e. The molecule has 8 heteroatoms. The quantitative estimate of drug-likeness (QED) is 0.452. The lowest BCUT2D eigenvalue weighted by Gasteiger charge is -2.09. The first-order valence-corrected chi connectivity index (χ1v) is 9.08. The van der Waals surface area contributed by atoms with Crippen molar-refractivity contribution in [3.63, 3.8) is 0 Å². The van der Waals surface area contributed by atoms with Gasteiger partial charge in [-0.25, -0.2) is 18.6 Å². The first kappa shape index (κ1) is 21.3. The largest absolute Gasteiger partial charge is 0.335 e. The van der Waals surface area contributed by atoms with Crippen LogP contribution in [0.25, 0.3) is 28.0 Å². The number of urea groups is 1. The molecule has 0 aliphatic rings. The maximum Gasteiger partial charge on any atom is 0.319 e. The van der Waals surface area contributed by atoms with E-state index >= 15 is 0 Å². The zero-order valence-corrected chi connectivity index (χ0v) is 16.6. The third-order valence-corrected chi connectivity index (χ3v) is 4.49. The molecule has 2 aromatic carbocycles. The van der Waals surface area contributed by atoms with Crippen LogP contribution in [-0.4, -0.2) is 28.6 Å². The summed E-state index contributed by atoms with van der Waals surface area (Å²) in [7, 11) is 0. The molecule has 0 atom stereocenters. The minimum Gasteiger partial charge on any atom is -0.335 e. The Labute approximate surface area is 178 Å². The van der Waals surface area contributed by atoms with Gasteiger partial charge in [-0.1, -0.05) is 24.3 Å². The van der Waals surface area contributed by atoms with E-state index in [1.54, 1.807) is 24.4 Å². The maximum atomic E-state index is 13.2. The minimum atomic E-state index is -0.616. The van der Waals surface area contributed by atoms with Gasteiger partial charge in [0.25, 0.3) is 0 Å². The number of halogens is 3. The molecule has 0 radical (unpaired) electrons. The van der Waals surface area contributed by atoms with Gasteiger partial charge >= 0.3 is 6.03 Å². The number of hydrogen-bond donors (Lipinski definition) is 2. The molecule has 0 saturated heterocycles. The van der Waals surface area contributed by atoms with Gasteiger partial charge in [-0.05, 0) is 47.5 Å². The van der Waals surface area contributed by atoms with Gasteiger partial charge in [-0.3, -0.25) is 4.40 Å². The minimum absolute atomic E-state index is 0. The Bertz CT molecular complexity index is 1160. The highest BCUT2D eigenvalue weighted by molar-refractivity contribution is 5.90. The second-order valence-electron chi connectivity index (χ2n) is 6.44. The summed E-state index contributed by atoms with van der Waals surface area (Å²) in [6.45, 7) is -0.648. The highest BCUT2D eigenvalue weighted by Crippen LogP contribution is 2.27. The number of alkyl halides is 1. The van der Waals surface area contributed by atoms with E-state index in [0.717, 1.165) is 28.0 Å². The number of hydrogen-bond acceptors (Lipinski definition) is 2. The standard InChI is InChI=1S/C22H18F2N4O.ClH/c23-9-10-25-22(29)27-19-3-1-2-17(12-19)20-14-26-21-13-16(8-11-28(20)21)15-4-6-18(24)7-5-15;/h1-8,11-14H,9-10H2,(H2,25,27,29);1H. The van der Waals surface area contributed by atoms with E-state index in [0.29, 0.717) is 5.69 Å². The number of benzene rings is 2. The molecule has 2 aromatic heterocycles. The number of carbonyl (C=O) groups excluding carboxylic acids is 1. The third-order valence-electron chi connectivity index (χ3n) is 4.49. The second kappa shape index (κ2) is 9.37. The highest BCUT2D eigenvalue weighted by atomic mass is 35.5. The summed E-state index contributed by atoms with van der Waals surface area (Å²) in [5.74, 6) is -0.273. The Hall–Kier alpha value is -3.45. The van der Waals surface area contributed by atoms with Gasteiger partial charge in [-0.15, -0.1) is 12.4 Å². The van der Waals surface area contributed by atoms with Crippen molar-refractivity contribution >= 4 is 29.8 Å². The first-order valence-electron chi connectivity index (χ1n) is 9.08. The summed E-state index contributed by atoms with van der Waals surface area (Å²) in [6, 6.07) is 17.1. The van der Waals surface area contributed by atoms with Crippen molar-refractivity contribution in [1.29, 1.82) is 0 Å². The molecule has 2 heterocycles. The summed E-state index contributed by atoms with van der Waals surface area (Å²) < 4.78 is 27.3. The van der Waals surface area contributed by atoms with Crippen LogP contribution in [0.3, 0.4) is 0 Å². The van der Waals surface area contributed by atoms with Crippen LogP contribution in [-0.2, 0) is 0 Å². The topological polar surface area (TPSA) is 58.4 Å². The van der Waals surface area contributed by atoms with Crippen molar-refractivity contribution in [2.75, 3.05) is 18.5 Å². The number of fused-ring (bicyclic) bond motifs is 1. The van der Waals surface area contributed by atoms with Crippen molar-refractivity contribution < 1.29 is 13.6 Å². The molecule has 2 amide bonds. The number of amides is 2. The molecule has 0 aliphatic heterocycles. The summed E-state index contributed by atoms with van der Waals surface area (Å²) >= 11 is 0. The van der Waals surface area contributed by atoms with Gasteiger partial charge in [0.05, 0.1) is 11.9 Å². The van der Waals surface area contributed by atoms with Crippen LogP contribution >= 0.6 is 12.4 Å². The zero-order chi connectivity index (χ0) is 20.2. The summed E-state index contributed by atoms with van der Waals surface area (Å²) in [4.78, 5) is 16.2. The van der Waals surface area contributed by atoms with Crippen molar-refractivity contribution in [3.8, 4) is 22.4 Å². The van der Waals surface area contributed by atoms with Gasteiger partial charge < -0.3 is 10.6 Å². The number of nitrogens with one attached hydrogen (secondary N) is 2. The van der Waals surface area contributed by atoms with E-state index in [1.165, 1.54) is 12.1 Å². The number of imidazole rings is 1. The van der Waals surface area contributed by atoms with Crippen LogP contribution in [0, 0.1) is 5.82 Å². The first-order chi connectivity index (χ1) is 14.1. The molecule has 4 rings (SSSR count). The van der Waals surface area contributed by atoms with E-state index in [2.05, 4.69) is 15.6 Å². The monoisotopic (exact) mass is 428 g/mol. The fourth-order valence-corrected chi connectivity index (χ4v) is 3.11. The predicted molar refractivity (Wildman–Crippen MR) is 116 cm³/mol. The average molecular weight is 429 g/mol. The molecule has 0 saturated carbocycles. The summed E-state index contributed by atoms with van der Waals surface area (Å²) in [5, 5.41) is 5.11. The van der Waals surface area contributed by atoms with Gasteiger partial charge in [-0.2, -0.15) is 0 Å². The number of anilines is 1.